The van der Waals surface area contributed by atoms with Crippen molar-refractivity contribution in [2.24, 2.45) is 0 Å². The van der Waals surface area contributed by atoms with E-state index in [1.807, 2.05) is 13.0 Å². The van der Waals surface area contributed by atoms with Crippen LogP contribution < -0.4 is 14.8 Å². The summed E-state index contributed by atoms with van der Waals surface area (Å²) in [5.41, 5.74) is 1.50. The molecule has 0 bridgehead atoms. The van der Waals surface area contributed by atoms with Gasteiger partial charge in [0.25, 0.3) is 15.9 Å². The third kappa shape index (κ3) is 6.13. The summed E-state index contributed by atoms with van der Waals surface area (Å²) in [6.45, 7) is 2.33. The molecule has 3 aromatic rings. The monoisotopic (exact) mass is 478 g/mol. The molecule has 0 fully saturated rings. The van der Waals surface area contributed by atoms with Crippen LogP contribution in [0, 0.1) is 6.92 Å². The van der Waals surface area contributed by atoms with Crippen LogP contribution in [0.2, 0.25) is 10.0 Å². The summed E-state index contributed by atoms with van der Waals surface area (Å²) in [4.78, 5) is 12.3. The molecule has 3 aromatic carbocycles. The van der Waals surface area contributed by atoms with Gasteiger partial charge in [0.2, 0.25) is 0 Å². The number of carbonyl (C=O) groups is 1. The van der Waals surface area contributed by atoms with E-state index in [0.29, 0.717) is 16.5 Å². The number of benzene rings is 3. The number of nitrogens with one attached hydrogen (secondary N) is 2. The third-order valence-corrected chi connectivity index (χ3v) is 6.58. The number of anilines is 1. The van der Waals surface area contributed by atoms with Gasteiger partial charge in [-0.3, -0.25) is 9.52 Å². The first kappa shape index (κ1) is 22.9. The summed E-state index contributed by atoms with van der Waals surface area (Å²) in [7, 11) is -3.97. The highest BCUT2D eigenvalue weighted by Crippen LogP contribution is 2.25. The molecule has 3 rings (SSSR count). The summed E-state index contributed by atoms with van der Waals surface area (Å²) >= 11 is 12.1. The zero-order valence-electron chi connectivity index (χ0n) is 16.6. The lowest BCUT2D eigenvalue weighted by Crippen LogP contribution is -2.28. The SMILES string of the molecule is Cc1ccc(OCCNC(=O)c2ccc(Cl)c(S(=O)(=O)Nc3ccccc3)c2)cc1Cl. The average Bonchev–Trinajstić information content (AvgIpc) is 2.74. The van der Waals surface area contributed by atoms with Crippen LogP contribution in [0.1, 0.15) is 15.9 Å². The zero-order chi connectivity index (χ0) is 22.4. The number of hydrogen-bond donors (Lipinski definition) is 2. The first-order valence-electron chi connectivity index (χ1n) is 9.31. The molecule has 0 aromatic heterocycles. The van der Waals surface area contributed by atoms with Gasteiger partial charge in [0.1, 0.15) is 17.3 Å². The van der Waals surface area contributed by atoms with E-state index in [1.54, 1.807) is 42.5 Å². The molecule has 2 N–H and O–H groups in total. The molecule has 0 saturated heterocycles. The second-order valence-electron chi connectivity index (χ2n) is 6.63. The zero-order valence-corrected chi connectivity index (χ0v) is 18.9. The van der Waals surface area contributed by atoms with Gasteiger partial charge in [0.05, 0.1) is 11.6 Å². The molecular weight excluding hydrogens is 459 g/mol. The molecule has 0 unspecified atom stereocenters. The third-order valence-electron chi connectivity index (χ3n) is 4.31. The molecule has 31 heavy (non-hydrogen) atoms. The number of aryl methyl sites for hydroxylation is 1. The van der Waals surface area contributed by atoms with Crippen LogP contribution in [0.5, 0.6) is 5.75 Å². The minimum atomic E-state index is -3.97. The van der Waals surface area contributed by atoms with Crippen molar-refractivity contribution >= 4 is 44.8 Å². The lowest BCUT2D eigenvalue weighted by molar-refractivity contribution is 0.0947. The quantitative estimate of drug-likeness (QED) is 0.450. The second-order valence-corrected chi connectivity index (χ2v) is 9.10. The Bertz CT molecular complexity index is 1190. The summed E-state index contributed by atoms with van der Waals surface area (Å²) in [5.74, 6) is 0.148. The van der Waals surface area contributed by atoms with Gasteiger partial charge in [0.15, 0.2) is 0 Å². The Hall–Kier alpha value is -2.74. The Labute approximate surface area is 191 Å². The number of halogens is 2. The summed E-state index contributed by atoms with van der Waals surface area (Å²) in [6.07, 6.45) is 0. The van der Waals surface area contributed by atoms with Crippen LogP contribution >= 0.6 is 23.2 Å². The van der Waals surface area contributed by atoms with Gasteiger partial charge in [-0.15, -0.1) is 0 Å². The van der Waals surface area contributed by atoms with Crippen molar-refractivity contribution in [1.82, 2.24) is 5.32 Å². The van der Waals surface area contributed by atoms with Gasteiger partial charge in [-0.2, -0.15) is 0 Å². The van der Waals surface area contributed by atoms with Crippen molar-refractivity contribution in [2.75, 3.05) is 17.9 Å². The molecule has 0 aliphatic heterocycles. The Morgan fingerprint density at radius 1 is 0.968 bits per heavy atom. The number of sulfonamides is 1. The second kappa shape index (κ2) is 10.0. The van der Waals surface area contributed by atoms with E-state index in [4.69, 9.17) is 27.9 Å². The molecule has 0 saturated carbocycles. The van der Waals surface area contributed by atoms with Crippen molar-refractivity contribution in [1.29, 1.82) is 0 Å². The fraction of sp³-hybridized carbons (Fsp3) is 0.136. The van der Waals surface area contributed by atoms with E-state index in [9.17, 15) is 13.2 Å². The summed E-state index contributed by atoms with van der Waals surface area (Å²) in [6, 6.07) is 17.8. The van der Waals surface area contributed by atoms with Gasteiger partial charge < -0.3 is 10.1 Å². The molecule has 0 heterocycles. The van der Waals surface area contributed by atoms with Crippen LogP contribution in [-0.2, 0) is 10.0 Å². The smallest absolute Gasteiger partial charge is 0.263 e. The lowest BCUT2D eigenvalue weighted by Gasteiger charge is -2.12. The summed E-state index contributed by atoms with van der Waals surface area (Å²) < 4.78 is 33.4. The Kier molecular flexibility index (Phi) is 7.43. The van der Waals surface area contributed by atoms with E-state index < -0.39 is 15.9 Å². The Balaban J connectivity index is 1.63. The number of carbonyl (C=O) groups excluding carboxylic acids is 1. The Morgan fingerprint density at radius 3 is 2.42 bits per heavy atom. The molecule has 0 atom stereocenters. The maximum atomic E-state index is 12.7. The molecule has 1 amide bonds. The topological polar surface area (TPSA) is 84.5 Å². The highest BCUT2D eigenvalue weighted by molar-refractivity contribution is 7.92. The van der Waals surface area contributed by atoms with Gasteiger partial charge in [-0.05, 0) is 55.0 Å². The first-order chi connectivity index (χ1) is 14.8. The highest BCUT2D eigenvalue weighted by atomic mass is 35.5. The minimum absolute atomic E-state index is 0.0135. The van der Waals surface area contributed by atoms with Crippen molar-refractivity contribution in [3.8, 4) is 5.75 Å². The van der Waals surface area contributed by atoms with E-state index in [0.717, 1.165) is 5.56 Å². The van der Waals surface area contributed by atoms with Crippen molar-refractivity contribution in [2.45, 2.75) is 11.8 Å². The van der Waals surface area contributed by atoms with Crippen molar-refractivity contribution in [3.05, 3.63) is 87.9 Å². The molecule has 0 spiro atoms. The molecule has 0 radical (unpaired) electrons. The molecular formula is C22H20Cl2N2O4S. The Morgan fingerprint density at radius 2 is 1.71 bits per heavy atom. The standard InChI is InChI=1S/C22H20Cl2N2O4S/c1-15-7-9-18(14-20(15)24)30-12-11-25-22(27)16-8-10-19(23)21(13-16)31(28,29)26-17-5-3-2-4-6-17/h2-10,13-14,26H,11-12H2,1H3,(H,25,27). The number of amides is 1. The van der Waals surface area contributed by atoms with Crippen LogP contribution in [0.15, 0.2) is 71.6 Å². The molecule has 0 aliphatic carbocycles. The number of hydrogen-bond acceptors (Lipinski definition) is 4. The normalized spacial score (nSPS) is 11.1. The van der Waals surface area contributed by atoms with Crippen LogP contribution in [-0.4, -0.2) is 27.5 Å². The average molecular weight is 479 g/mol. The van der Waals surface area contributed by atoms with E-state index in [1.165, 1.54) is 18.2 Å². The van der Waals surface area contributed by atoms with Crippen LogP contribution in [0.4, 0.5) is 5.69 Å². The fourth-order valence-corrected chi connectivity index (χ4v) is 4.42. The molecule has 0 aliphatic rings. The maximum Gasteiger partial charge on any atom is 0.263 e. The fourth-order valence-electron chi connectivity index (χ4n) is 2.67. The predicted molar refractivity (Wildman–Crippen MR) is 123 cm³/mol. The summed E-state index contributed by atoms with van der Waals surface area (Å²) in [5, 5.41) is 3.30. The number of para-hydroxylation sites is 1. The predicted octanol–water partition coefficient (Wildman–Crippen LogP) is 4.91. The van der Waals surface area contributed by atoms with Gasteiger partial charge in [0, 0.05) is 16.3 Å². The van der Waals surface area contributed by atoms with Crippen molar-refractivity contribution < 1.29 is 17.9 Å². The molecule has 162 valence electrons. The molecule has 6 nitrogen and oxygen atoms in total. The van der Waals surface area contributed by atoms with Crippen molar-refractivity contribution in [3.63, 3.8) is 0 Å². The van der Waals surface area contributed by atoms with E-state index in [-0.39, 0.29) is 28.6 Å². The van der Waals surface area contributed by atoms with E-state index in [2.05, 4.69) is 10.0 Å². The van der Waals surface area contributed by atoms with Crippen LogP contribution in [0.3, 0.4) is 0 Å². The van der Waals surface area contributed by atoms with Crippen LogP contribution in [0.25, 0.3) is 0 Å². The first-order valence-corrected chi connectivity index (χ1v) is 11.5. The number of rotatable bonds is 8. The van der Waals surface area contributed by atoms with Gasteiger partial charge >= 0.3 is 0 Å². The largest absolute Gasteiger partial charge is 0.492 e. The maximum absolute atomic E-state index is 12.7. The minimum Gasteiger partial charge on any atom is -0.492 e. The number of ether oxygens (including phenoxy) is 1. The lowest BCUT2D eigenvalue weighted by atomic mass is 10.2. The molecule has 9 heteroatoms. The van der Waals surface area contributed by atoms with Gasteiger partial charge in [-0.25, -0.2) is 8.42 Å². The van der Waals surface area contributed by atoms with Gasteiger partial charge in [-0.1, -0.05) is 47.5 Å². The van der Waals surface area contributed by atoms with E-state index >= 15 is 0 Å². The highest BCUT2D eigenvalue weighted by Gasteiger charge is 2.20.